The number of ketones is 1. The van der Waals surface area contributed by atoms with Gasteiger partial charge in [0.25, 0.3) is 0 Å². The minimum atomic E-state index is -1.79. The lowest BCUT2D eigenvalue weighted by atomic mass is 9.82. The van der Waals surface area contributed by atoms with Gasteiger partial charge in [-0.05, 0) is 39.3 Å². The highest BCUT2D eigenvalue weighted by atomic mass is 19.1. The van der Waals surface area contributed by atoms with Crippen LogP contribution in [0.3, 0.4) is 0 Å². The number of hydrogen-bond donors (Lipinski definition) is 0. The fraction of sp³-hybridized carbons (Fsp3) is 0.500. The normalized spacial score (nSPS) is 28.3. The standard InChI is InChI=1S/C20H21FO5/c1-5-10-13-17-11(6-7-20(3,4)26-17)16-14(12(22)8-9(2)24-16)18(13)25-19(23)15(10)21/h6-7,9-10,15H,5,8H2,1-4H3. The molecule has 26 heavy (non-hydrogen) atoms. The van der Waals surface area contributed by atoms with Gasteiger partial charge >= 0.3 is 5.97 Å². The third-order valence-electron chi connectivity index (χ3n) is 5.11. The molecule has 0 fully saturated rings. The predicted octanol–water partition coefficient (Wildman–Crippen LogP) is 3.98. The maximum absolute atomic E-state index is 14.6. The molecule has 0 aromatic heterocycles. The van der Waals surface area contributed by atoms with Crippen molar-refractivity contribution in [1.29, 1.82) is 0 Å². The highest BCUT2D eigenvalue weighted by Gasteiger charge is 2.46. The van der Waals surface area contributed by atoms with Gasteiger partial charge in [-0.3, -0.25) is 4.79 Å². The molecular formula is C20H21FO5. The van der Waals surface area contributed by atoms with Crippen molar-refractivity contribution in [3.63, 3.8) is 0 Å². The summed E-state index contributed by atoms with van der Waals surface area (Å²) in [5, 5.41) is 0. The first-order valence-corrected chi connectivity index (χ1v) is 8.91. The van der Waals surface area contributed by atoms with Crippen molar-refractivity contribution in [3.8, 4) is 17.2 Å². The van der Waals surface area contributed by atoms with Gasteiger partial charge in [0.1, 0.15) is 28.8 Å². The van der Waals surface area contributed by atoms with E-state index in [-0.39, 0.29) is 29.6 Å². The molecule has 0 bridgehead atoms. The SMILES string of the molecule is CCC1c2c3c(c4c(c2OC(=O)C1F)C(=O)CC(C)O4)C=CC(C)(C)O3. The van der Waals surface area contributed by atoms with Crippen molar-refractivity contribution in [2.75, 3.05) is 0 Å². The number of benzene rings is 1. The van der Waals surface area contributed by atoms with Crippen LogP contribution in [0.1, 0.15) is 67.9 Å². The van der Waals surface area contributed by atoms with Crippen molar-refractivity contribution in [2.24, 2.45) is 0 Å². The summed E-state index contributed by atoms with van der Waals surface area (Å²) in [5.74, 6) is -0.962. The second-order valence-electron chi connectivity index (χ2n) is 7.62. The molecule has 0 radical (unpaired) electrons. The van der Waals surface area contributed by atoms with Crippen molar-refractivity contribution < 1.29 is 28.2 Å². The van der Waals surface area contributed by atoms with Crippen molar-refractivity contribution >= 4 is 17.8 Å². The zero-order valence-corrected chi connectivity index (χ0v) is 15.2. The molecule has 3 atom stereocenters. The smallest absolute Gasteiger partial charge is 0.346 e. The molecule has 0 spiro atoms. The van der Waals surface area contributed by atoms with Crippen LogP contribution in [0.25, 0.3) is 6.08 Å². The molecule has 3 aliphatic rings. The Bertz CT molecular complexity index is 854. The number of esters is 1. The average molecular weight is 360 g/mol. The van der Waals surface area contributed by atoms with E-state index >= 15 is 0 Å². The van der Waals surface area contributed by atoms with E-state index in [1.807, 2.05) is 32.9 Å². The molecule has 138 valence electrons. The number of carbonyl (C=O) groups is 2. The lowest BCUT2D eigenvalue weighted by Crippen LogP contribution is -2.37. The third kappa shape index (κ3) is 2.35. The minimum absolute atomic E-state index is 0.104. The number of alkyl halides is 1. The van der Waals surface area contributed by atoms with Crippen LogP contribution in [-0.2, 0) is 4.79 Å². The average Bonchev–Trinajstić information content (AvgIpc) is 2.55. The van der Waals surface area contributed by atoms with Gasteiger partial charge in [-0.1, -0.05) is 6.92 Å². The molecule has 1 aromatic carbocycles. The van der Waals surface area contributed by atoms with Crippen LogP contribution in [0.15, 0.2) is 6.08 Å². The summed E-state index contributed by atoms with van der Waals surface area (Å²) in [7, 11) is 0. The molecule has 5 nitrogen and oxygen atoms in total. The Morgan fingerprint density at radius 2 is 1.96 bits per heavy atom. The fourth-order valence-electron chi connectivity index (χ4n) is 3.87. The summed E-state index contributed by atoms with van der Waals surface area (Å²) < 4.78 is 32.0. The van der Waals surface area contributed by atoms with Gasteiger partial charge in [0.2, 0.25) is 6.17 Å². The molecule has 1 aromatic rings. The maximum atomic E-state index is 14.6. The number of fused-ring (bicyclic) bond motifs is 6. The maximum Gasteiger partial charge on any atom is 0.346 e. The number of ether oxygens (including phenoxy) is 3. The van der Waals surface area contributed by atoms with E-state index in [1.54, 1.807) is 6.92 Å². The van der Waals surface area contributed by atoms with Gasteiger partial charge in [0, 0.05) is 17.9 Å². The molecule has 0 aliphatic carbocycles. The molecule has 3 unspecified atom stereocenters. The van der Waals surface area contributed by atoms with Gasteiger partial charge in [-0.25, -0.2) is 9.18 Å². The molecule has 0 amide bonds. The van der Waals surface area contributed by atoms with Crippen LogP contribution >= 0.6 is 0 Å². The molecule has 3 heterocycles. The minimum Gasteiger partial charge on any atom is -0.489 e. The highest BCUT2D eigenvalue weighted by molar-refractivity contribution is 6.06. The summed E-state index contributed by atoms with van der Waals surface area (Å²) >= 11 is 0. The monoisotopic (exact) mass is 360 g/mol. The topological polar surface area (TPSA) is 61.8 Å². The first-order chi connectivity index (χ1) is 12.2. The van der Waals surface area contributed by atoms with Crippen LogP contribution in [-0.4, -0.2) is 29.6 Å². The number of Topliss-reactive ketones (excluding diaryl/α,β-unsaturated/α-hetero) is 1. The predicted molar refractivity (Wildman–Crippen MR) is 92.8 cm³/mol. The second-order valence-corrected chi connectivity index (χ2v) is 7.62. The summed E-state index contributed by atoms with van der Waals surface area (Å²) in [6.45, 7) is 7.38. The Kier molecular flexibility index (Phi) is 3.65. The first kappa shape index (κ1) is 17.1. The van der Waals surface area contributed by atoms with Crippen molar-refractivity contribution in [2.45, 2.75) is 64.3 Å². The zero-order chi connectivity index (χ0) is 18.8. The fourth-order valence-corrected chi connectivity index (χ4v) is 3.87. The summed E-state index contributed by atoms with van der Waals surface area (Å²) in [4.78, 5) is 24.8. The Hall–Kier alpha value is -2.37. The van der Waals surface area contributed by atoms with E-state index in [9.17, 15) is 14.0 Å². The first-order valence-electron chi connectivity index (χ1n) is 8.91. The Morgan fingerprint density at radius 1 is 1.23 bits per heavy atom. The Labute approximate surface area is 151 Å². The quantitative estimate of drug-likeness (QED) is 0.560. The zero-order valence-electron chi connectivity index (χ0n) is 15.2. The van der Waals surface area contributed by atoms with E-state index in [2.05, 4.69) is 0 Å². The lowest BCUT2D eigenvalue weighted by molar-refractivity contribution is -0.142. The van der Waals surface area contributed by atoms with Crippen LogP contribution in [0.4, 0.5) is 4.39 Å². The largest absolute Gasteiger partial charge is 0.489 e. The Morgan fingerprint density at radius 3 is 2.65 bits per heavy atom. The third-order valence-corrected chi connectivity index (χ3v) is 5.11. The molecule has 3 aliphatic heterocycles. The van der Waals surface area contributed by atoms with E-state index < -0.39 is 23.7 Å². The number of halogens is 1. The van der Waals surface area contributed by atoms with Gasteiger partial charge in [-0.2, -0.15) is 0 Å². The van der Waals surface area contributed by atoms with Crippen LogP contribution in [0.5, 0.6) is 17.2 Å². The molecular weight excluding hydrogens is 339 g/mol. The van der Waals surface area contributed by atoms with Gasteiger partial charge in [0.05, 0.1) is 5.56 Å². The molecule has 6 heteroatoms. The van der Waals surface area contributed by atoms with Gasteiger partial charge in [-0.15, -0.1) is 0 Å². The van der Waals surface area contributed by atoms with Gasteiger partial charge < -0.3 is 14.2 Å². The van der Waals surface area contributed by atoms with E-state index in [4.69, 9.17) is 14.2 Å². The second kappa shape index (κ2) is 5.56. The summed E-state index contributed by atoms with van der Waals surface area (Å²) in [6, 6.07) is 0. The van der Waals surface area contributed by atoms with Gasteiger partial charge in [0.15, 0.2) is 11.5 Å². The molecule has 0 N–H and O–H groups in total. The lowest BCUT2D eigenvalue weighted by Gasteiger charge is -2.38. The van der Waals surface area contributed by atoms with E-state index in [1.165, 1.54) is 0 Å². The Balaban J connectivity index is 2.07. The van der Waals surface area contributed by atoms with E-state index in [0.717, 1.165) is 0 Å². The highest BCUT2D eigenvalue weighted by Crippen LogP contribution is 2.55. The molecule has 4 rings (SSSR count). The number of rotatable bonds is 1. The number of hydrogen-bond acceptors (Lipinski definition) is 5. The van der Waals surface area contributed by atoms with Crippen molar-refractivity contribution in [3.05, 3.63) is 22.8 Å². The summed E-state index contributed by atoms with van der Waals surface area (Å²) in [6.07, 6.45) is 2.20. The summed E-state index contributed by atoms with van der Waals surface area (Å²) in [5.41, 5.74) is 0.688. The molecule has 0 saturated carbocycles. The van der Waals surface area contributed by atoms with Crippen LogP contribution in [0, 0.1) is 0 Å². The van der Waals surface area contributed by atoms with Crippen LogP contribution < -0.4 is 14.2 Å². The number of carbonyl (C=O) groups excluding carboxylic acids is 2. The van der Waals surface area contributed by atoms with Crippen molar-refractivity contribution in [1.82, 2.24) is 0 Å². The van der Waals surface area contributed by atoms with E-state index in [0.29, 0.717) is 29.0 Å². The molecule has 0 saturated heterocycles. The van der Waals surface area contributed by atoms with Crippen LogP contribution in [0.2, 0.25) is 0 Å².